The third kappa shape index (κ3) is 8.30. The summed E-state index contributed by atoms with van der Waals surface area (Å²) in [6.07, 6.45) is 3.63. The van der Waals surface area contributed by atoms with E-state index in [4.69, 9.17) is 18.9 Å². The first-order valence-corrected chi connectivity index (χ1v) is 16.5. The number of rotatable bonds is 15. The van der Waals surface area contributed by atoms with E-state index in [0.29, 0.717) is 62.1 Å². The molecule has 0 aromatic heterocycles. The normalized spacial score (nSPS) is 19.4. The Hall–Kier alpha value is -3.83. The molecule has 11 nitrogen and oxygen atoms in total. The summed E-state index contributed by atoms with van der Waals surface area (Å²) in [7, 11) is 3.24. The highest BCUT2D eigenvalue weighted by molar-refractivity contribution is 5.96. The lowest BCUT2D eigenvalue weighted by atomic mass is 9.94. The molecule has 3 aliphatic rings. The molecule has 2 aliphatic heterocycles. The molecule has 250 valence electrons. The van der Waals surface area contributed by atoms with E-state index in [1.54, 1.807) is 49.5 Å². The van der Waals surface area contributed by atoms with Crippen LogP contribution in [0.4, 0.5) is 10.5 Å². The zero-order chi connectivity index (χ0) is 32.6. The SMILES string of the molecule is COCCCOc1cc(C(=O)N(C[C@@H]2CNC[C@H]2CN(C(=O)Oc2cccc(N3CCCC3=O)c2)C2CC2)C(C)C)ccc1OC. The van der Waals surface area contributed by atoms with Gasteiger partial charge in [-0.1, -0.05) is 6.07 Å². The van der Waals surface area contributed by atoms with Crippen molar-refractivity contribution in [3.63, 3.8) is 0 Å². The fourth-order valence-electron chi connectivity index (χ4n) is 6.28. The van der Waals surface area contributed by atoms with Gasteiger partial charge >= 0.3 is 6.09 Å². The Labute approximate surface area is 272 Å². The lowest BCUT2D eigenvalue weighted by molar-refractivity contribution is -0.117. The summed E-state index contributed by atoms with van der Waals surface area (Å²) in [5.74, 6) is 1.89. The summed E-state index contributed by atoms with van der Waals surface area (Å²) in [4.78, 5) is 45.2. The molecule has 2 saturated heterocycles. The van der Waals surface area contributed by atoms with Crippen molar-refractivity contribution in [2.75, 3.05) is 65.1 Å². The fraction of sp³-hybridized carbons (Fsp3) is 0.571. The molecule has 3 amide bonds. The van der Waals surface area contributed by atoms with Crippen molar-refractivity contribution in [2.45, 2.75) is 58.0 Å². The first kappa shape index (κ1) is 33.5. The topological polar surface area (TPSA) is 110 Å². The Morgan fingerprint density at radius 1 is 1.00 bits per heavy atom. The van der Waals surface area contributed by atoms with Crippen LogP contribution in [0.2, 0.25) is 0 Å². The maximum Gasteiger partial charge on any atom is 0.415 e. The summed E-state index contributed by atoms with van der Waals surface area (Å²) < 4.78 is 22.4. The van der Waals surface area contributed by atoms with Crippen molar-refractivity contribution in [3.05, 3.63) is 48.0 Å². The van der Waals surface area contributed by atoms with Gasteiger partial charge in [-0.05, 0) is 75.3 Å². The van der Waals surface area contributed by atoms with E-state index in [1.807, 2.05) is 35.8 Å². The van der Waals surface area contributed by atoms with Crippen molar-refractivity contribution in [2.24, 2.45) is 11.8 Å². The first-order chi connectivity index (χ1) is 22.3. The number of amides is 3. The van der Waals surface area contributed by atoms with Crippen LogP contribution in [0.25, 0.3) is 0 Å². The number of carbonyl (C=O) groups is 3. The van der Waals surface area contributed by atoms with E-state index in [1.165, 1.54) is 0 Å². The summed E-state index contributed by atoms with van der Waals surface area (Å²) in [6, 6.07) is 12.7. The molecule has 46 heavy (non-hydrogen) atoms. The molecule has 1 N–H and O–H groups in total. The minimum absolute atomic E-state index is 0.0267. The summed E-state index contributed by atoms with van der Waals surface area (Å²) in [6.45, 7) is 8.40. The minimum Gasteiger partial charge on any atom is -0.493 e. The van der Waals surface area contributed by atoms with Gasteiger partial charge in [0.05, 0.1) is 13.7 Å². The number of hydrogen-bond acceptors (Lipinski definition) is 8. The van der Waals surface area contributed by atoms with Crippen molar-refractivity contribution >= 4 is 23.6 Å². The van der Waals surface area contributed by atoms with Gasteiger partial charge in [-0.15, -0.1) is 0 Å². The second-order valence-corrected chi connectivity index (χ2v) is 12.7. The molecule has 0 spiro atoms. The van der Waals surface area contributed by atoms with Crippen LogP contribution < -0.4 is 24.4 Å². The van der Waals surface area contributed by atoms with Gasteiger partial charge in [0.25, 0.3) is 5.91 Å². The number of anilines is 1. The number of methoxy groups -OCH3 is 2. The van der Waals surface area contributed by atoms with Gasteiger partial charge in [0.15, 0.2) is 11.5 Å². The molecule has 0 bridgehead atoms. The number of nitrogens with zero attached hydrogens (tertiary/aromatic N) is 3. The molecule has 3 fully saturated rings. The maximum absolute atomic E-state index is 13.9. The number of benzene rings is 2. The third-order valence-corrected chi connectivity index (χ3v) is 9.02. The second-order valence-electron chi connectivity index (χ2n) is 12.7. The predicted octanol–water partition coefficient (Wildman–Crippen LogP) is 4.59. The molecule has 2 aromatic rings. The van der Waals surface area contributed by atoms with Gasteiger partial charge < -0.3 is 39.0 Å². The Kier molecular flexibility index (Phi) is 11.4. The molecular formula is C35H48N4O7. The smallest absolute Gasteiger partial charge is 0.415 e. The highest BCUT2D eigenvalue weighted by Crippen LogP contribution is 2.33. The Morgan fingerprint density at radius 3 is 2.46 bits per heavy atom. The molecule has 0 unspecified atom stereocenters. The fourth-order valence-corrected chi connectivity index (χ4v) is 6.28. The zero-order valence-corrected chi connectivity index (χ0v) is 27.5. The van der Waals surface area contributed by atoms with Crippen molar-refractivity contribution in [1.82, 2.24) is 15.1 Å². The predicted molar refractivity (Wildman–Crippen MR) is 175 cm³/mol. The lowest BCUT2D eigenvalue weighted by Gasteiger charge is -2.33. The van der Waals surface area contributed by atoms with Crippen molar-refractivity contribution < 1.29 is 33.3 Å². The van der Waals surface area contributed by atoms with E-state index in [-0.39, 0.29) is 41.8 Å². The van der Waals surface area contributed by atoms with Crippen LogP contribution in [0.5, 0.6) is 17.2 Å². The molecular weight excluding hydrogens is 588 g/mol. The Balaban J connectivity index is 1.24. The third-order valence-electron chi connectivity index (χ3n) is 9.02. The maximum atomic E-state index is 13.9. The molecule has 2 atom stereocenters. The highest BCUT2D eigenvalue weighted by Gasteiger charge is 2.39. The van der Waals surface area contributed by atoms with E-state index >= 15 is 0 Å². The molecule has 1 aliphatic carbocycles. The standard InChI is InChI=1S/C35H48N4O7/c1-24(2)38(34(41)25-11-14-31(44-4)32(18-25)45-17-7-16-43-3)22-26-20-36-21-27(26)23-39(28-12-13-28)35(42)46-30-9-5-8-29(19-30)37-15-6-10-33(37)40/h5,8-9,11,14,18-19,24,26-28,36H,6-7,10,12-13,15-17,20-23H2,1-4H3/t26-,27-/m0/s1. The lowest BCUT2D eigenvalue weighted by Crippen LogP contribution is -2.45. The van der Waals surface area contributed by atoms with E-state index in [9.17, 15) is 14.4 Å². The van der Waals surface area contributed by atoms with Crippen LogP contribution in [-0.4, -0.2) is 99.9 Å². The highest BCUT2D eigenvalue weighted by atomic mass is 16.6. The minimum atomic E-state index is -0.369. The van der Waals surface area contributed by atoms with Gasteiger partial charge in [0.2, 0.25) is 5.91 Å². The second kappa shape index (κ2) is 15.6. The van der Waals surface area contributed by atoms with Gasteiger partial charge in [0.1, 0.15) is 5.75 Å². The molecule has 5 rings (SSSR count). The first-order valence-electron chi connectivity index (χ1n) is 16.5. The molecule has 11 heteroatoms. The van der Waals surface area contributed by atoms with Crippen molar-refractivity contribution in [3.8, 4) is 17.2 Å². The zero-order valence-electron chi connectivity index (χ0n) is 27.5. The van der Waals surface area contributed by atoms with Crippen LogP contribution in [0.3, 0.4) is 0 Å². The van der Waals surface area contributed by atoms with Crippen LogP contribution in [0.1, 0.15) is 56.3 Å². The van der Waals surface area contributed by atoms with Crippen LogP contribution >= 0.6 is 0 Å². The Bertz CT molecular complexity index is 1360. The summed E-state index contributed by atoms with van der Waals surface area (Å²) >= 11 is 0. The average molecular weight is 637 g/mol. The number of ether oxygens (including phenoxy) is 4. The van der Waals surface area contributed by atoms with Gasteiger partial charge in [-0.2, -0.15) is 0 Å². The average Bonchev–Trinajstić information content (AvgIpc) is 3.64. The number of carbonyl (C=O) groups excluding carboxylic acids is 3. The quantitative estimate of drug-likeness (QED) is 0.283. The van der Waals surface area contributed by atoms with Crippen LogP contribution in [0, 0.1) is 11.8 Å². The summed E-state index contributed by atoms with van der Waals surface area (Å²) in [5, 5.41) is 3.50. The van der Waals surface area contributed by atoms with E-state index < -0.39 is 0 Å². The monoisotopic (exact) mass is 636 g/mol. The van der Waals surface area contributed by atoms with E-state index in [0.717, 1.165) is 44.5 Å². The Morgan fingerprint density at radius 2 is 1.78 bits per heavy atom. The van der Waals surface area contributed by atoms with Gasteiger partial charge in [-0.3, -0.25) is 9.59 Å². The van der Waals surface area contributed by atoms with Gasteiger partial charge in [-0.25, -0.2) is 4.79 Å². The van der Waals surface area contributed by atoms with Crippen molar-refractivity contribution in [1.29, 1.82) is 0 Å². The molecule has 2 aromatic carbocycles. The number of nitrogens with one attached hydrogen (secondary N) is 1. The molecule has 0 radical (unpaired) electrons. The summed E-state index contributed by atoms with van der Waals surface area (Å²) in [5.41, 5.74) is 1.30. The largest absolute Gasteiger partial charge is 0.493 e. The van der Waals surface area contributed by atoms with Crippen LogP contribution in [0.15, 0.2) is 42.5 Å². The molecule has 1 saturated carbocycles. The molecule has 2 heterocycles. The van der Waals surface area contributed by atoms with Gasteiger partial charge in [0, 0.05) is 88.7 Å². The van der Waals surface area contributed by atoms with Crippen LogP contribution in [-0.2, 0) is 9.53 Å². The number of hydrogen-bond donors (Lipinski definition) is 1. The van der Waals surface area contributed by atoms with E-state index in [2.05, 4.69) is 5.32 Å².